The number of rotatable bonds is 12. The molecule has 0 radical (unpaired) electrons. The molecule has 1 saturated carbocycles. The Balaban J connectivity index is 2.52. The van der Waals surface area contributed by atoms with Crippen molar-refractivity contribution in [2.24, 2.45) is 11.8 Å². The van der Waals surface area contributed by atoms with Crippen LogP contribution in [0.2, 0.25) is 0 Å². The van der Waals surface area contributed by atoms with Crippen LogP contribution in [0.25, 0.3) is 0 Å². The molecule has 26 heavy (non-hydrogen) atoms. The predicted octanol–water partition coefficient (Wildman–Crippen LogP) is 3.43. The Labute approximate surface area is 157 Å². The molecule has 0 aromatic rings. The lowest BCUT2D eigenvalue weighted by Gasteiger charge is -2.36. The van der Waals surface area contributed by atoms with Crippen LogP contribution in [0.1, 0.15) is 71.1 Å². The number of hydrogen-bond donors (Lipinski definition) is 4. The molecule has 1 aliphatic rings. The van der Waals surface area contributed by atoms with Gasteiger partial charge in [0.05, 0.1) is 18.3 Å². The maximum absolute atomic E-state index is 10.5. The van der Waals surface area contributed by atoms with Crippen LogP contribution in [0.15, 0.2) is 24.3 Å². The van der Waals surface area contributed by atoms with Gasteiger partial charge in [-0.1, -0.05) is 50.5 Å². The Morgan fingerprint density at radius 1 is 1.15 bits per heavy atom. The summed E-state index contributed by atoms with van der Waals surface area (Å²) in [6.07, 6.45) is 13.4. The van der Waals surface area contributed by atoms with Gasteiger partial charge in [0.15, 0.2) is 0 Å². The van der Waals surface area contributed by atoms with Gasteiger partial charge in [-0.25, -0.2) is 0 Å². The first-order valence-corrected chi connectivity index (χ1v) is 10.0. The van der Waals surface area contributed by atoms with Crippen LogP contribution in [0.3, 0.4) is 0 Å². The molecular weight excluding hydrogens is 332 g/mol. The molecule has 1 unspecified atom stereocenters. The van der Waals surface area contributed by atoms with E-state index >= 15 is 0 Å². The Kier molecular flexibility index (Phi) is 11.5. The zero-order chi connectivity index (χ0) is 19.4. The van der Waals surface area contributed by atoms with Gasteiger partial charge in [-0.05, 0) is 50.4 Å². The number of carbonyl (C=O) groups is 1. The van der Waals surface area contributed by atoms with E-state index < -0.39 is 24.3 Å². The van der Waals surface area contributed by atoms with Crippen molar-refractivity contribution in [3.05, 3.63) is 24.3 Å². The number of carboxylic acids is 1. The third kappa shape index (κ3) is 9.51. The van der Waals surface area contributed by atoms with Gasteiger partial charge in [0, 0.05) is 6.42 Å². The highest BCUT2D eigenvalue weighted by molar-refractivity contribution is 5.66. The molecule has 0 saturated heterocycles. The third-order valence-corrected chi connectivity index (χ3v) is 5.12. The molecule has 0 spiro atoms. The van der Waals surface area contributed by atoms with Gasteiger partial charge >= 0.3 is 5.97 Å². The largest absolute Gasteiger partial charge is 0.481 e. The SMILES string of the molecule is CCCCC[C@H](O)/C=C/[C@H]1CC(O)C[C@H](O)[C@@H]1C/C=C\CCCC(=O)O. The van der Waals surface area contributed by atoms with Crippen molar-refractivity contribution in [1.82, 2.24) is 0 Å². The highest BCUT2D eigenvalue weighted by atomic mass is 16.4. The number of carboxylic acid groups (broad SMARTS) is 1. The fourth-order valence-corrected chi connectivity index (χ4v) is 3.59. The van der Waals surface area contributed by atoms with E-state index in [-0.39, 0.29) is 18.3 Å². The van der Waals surface area contributed by atoms with Crippen LogP contribution in [0, 0.1) is 11.8 Å². The molecule has 5 atom stereocenters. The van der Waals surface area contributed by atoms with Gasteiger partial charge in [0.1, 0.15) is 0 Å². The van der Waals surface area contributed by atoms with Crippen molar-refractivity contribution in [3.8, 4) is 0 Å². The van der Waals surface area contributed by atoms with Crippen molar-refractivity contribution < 1.29 is 25.2 Å². The summed E-state index contributed by atoms with van der Waals surface area (Å²) in [5.41, 5.74) is 0. The molecule has 150 valence electrons. The first-order chi connectivity index (χ1) is 12.4. The highest BCUT2D eigenvalue weighted by Crippen LogP contribution is 2.34. The Morgan fingerprint density at radius 3 is 2.62 bits per heavy atom. The van der Waals surface area contributed by atoms with Gasteiger partial charge in [-0.2, -0.15) is 0 Å². The third-order valence-electron chi connectivity index (χ3n) is 5.12. The summed E-state index contributed by atoms with van der Waals surface area (Å²) in [7, 11) is 0. The predicted molar refractivity (Wildman–Crippen MR) is 103 cm³/mol. The molecule has 0 aliphatic heterocycles. The fraction of sp³-hybridized carbons (Fsp3) is 0.762. The van der Waals surface area contributed by atoms with Crippen LogP contribution < -0.4 is 0 Å². The normalized spacial score (nSPS) is 28.0. The van der Waals surface area contributed by atoms with E-state index in [9.17, 15) is 20.1 Å². The second-order valence-corrected chi connectivity index (χ2v) is 7.46. The van der Waals surface area contributed by atoms with E-state index in [0.29, 0.717) is 32.1 Å². The first kappa shape index (κ1) is 22.9. The highest BCUT2D eigenvalue weighted by Gasteiger charge is 2.34. The second-order valence-electron chi connectivity index (χ2n) is 7.46. The molecule has 0 aromatic carbocycles. The van der Waals surface area contributed by atoms with Crippen molar-refractivity contribution in [3.63, 3.8) is 0 Å². The van der Waals surface area contributed by atoms with Gasteiger partial charge in [0.25, 0.3) is 0 Å². The Bertz CT molecular complexity index is 446. The number of hydrogen-bond acceptors (Lipinski definition) is 4. The molecule has 1 fully saturated rings. The van der Waals surface area contributed by atoms with E-state index in [1.165, 1.54) is 0 Å². The molecular formula is C21H36O5. The van der Waals surface area contributed by atoms with Crippen molar-refractivity contribution in [2.45, 2.75) is 89.4 Å². The van der Waals surface area contributed by atoms with Gasteiger partial charge < -0.3 is 20.4 Å². The maximum atomic E-state index is 10.5. The average Bonchev–Trinajstić information content (AvgIpc) is 2.57. The number of unbranched alkanes of at least 4 members (excludes halogenated alkanes) is 3. The second kappa shape index (κ2) is 13.1. The van der Waals surface area contributed by atoms with Crippen LogP contribution in [0.4, 0.5) is 0 Å². The molecule has 0 heterocycles. The van der Waals surface area contributed by atoms with Crippen LogP contribution in [0.5, 0.6) is 0 Å². The zero-order valence-electron chi connectivity index (χ0n) is 16.0. The summed E-state index contributed by atoms with van der Waals surface area (Å²) in [5.74, 6) is -0.718. The van der Waals surface area contributed by atoms with Gasteiger partial charge in [0.2, 0.25) is 0 Å². The van der Waals surface area contributed by atoms with E-state index in [4.69, 9.17) is 5.11 Å². The Hall–Kier alpha value is -1.17. The molecule has 0 aromatic heterocycles. The topological polar surface area (TPSA) is 98.0 Å². The number of aliphatic hydroxyl groups is 3. The van der Waals surface area contributed by atoms with Crippen LogP contribution in [-0.2, 0) is 4.79 Å². The first-order valence-electron chi connectivity index (χ1n) is 10.0. The lowest BCUT2D eigenvalue weighted by molar-refractivity contribution is -0.137. The van der Waals surface area contributed by atoms with Crippen LogP contribution >= 0.6 is 0 Å². The molecule has 5 heteroatoms. The molecule has 1 rings (SSSR count). The van der Waals surface area contributed by atoms with Crippen molar-refractivity contribution in [2.75, 3.05) is 0 Å². The molecule has 5 nitrogen and oxygen atoms in total. The lowest BCUT2D eigenvalue weighted by atomic mass is 9.74. The molecule has 0 amide bonds. The summed E-state index contributed by atoms with van der Waals surface area (Å²) in [6, 6.07) is 0. The molecule has 1 aliphatic carbocycles. The minimum atomic E-state index is -0.780. The van der Waals surface area contributed by atoms with Crippen molar-refractivity contribution in [1.29, 1.82) is 0 Å². The lowest BCUT2D eigenvalue weighted by Crippen LogP contribution is -2.38. The van der Waals surface area contributed by atoms with Crippen molar-refractivity contribution >= 4 is 5.97 Å². The van der Waals surface area contributed by atoms with Gasteiger partial charge in [-0.3, -0.25) is 4.79 Å². The minimum absolute atomic E-state index is 0.0215. The summed E-state index contributed by atoms with van der Waals surface area (Å²) in [6.45, 7) is 2.13. The number of aliphatic hydroxyl groups excluding tert-OH is 3. The summed E-state index contributed by atoms with van der Waals surface area (Å²) in [4.78, 5) is 10.5. The van der Waals surface area contributed by atoms with E-state index in [2.05, 4.69) is 6.92 Å². The fourth-order valence-electron chi connectivity index (χ4n) is 3.59. The minimum Gasteiger partial charge on any atom is -0.481 e. The number of allylic oxidation sites excluding steroid dienone is 3. The zero-order valence-corrected chi connectivity index (χ0v) is 16.0. The Morgan fingerprint density at radius 2 is 1.92 bits per heavy atom. The van der Waals surface area contributed by atoms with Gasteiger partial charge in [-0.15, -0.1) is 0 Å². The van der Waals surface area contributed by atoms with E-state index in [1.54, 1.807) is 0 Å². The monoisotopic (exact) mass is 368 g/mol. The summed E-state index contributed by atoms with van der Waals surface area (Å²) < 4.78 is 0. The molecule has 0 bridgehead atoms. The number of aliphatic carboxylic acids is 1. The smallest absolute Gasteiger partial charge is 0.303 e. The summed E-state index contributed by atoms with van der Waals surface area (Å²) in [5, 5.41) is 39.0. The summed E-state index contributed by atoms with van der Waals surface area (Å²) >= 11 is 0. The van der Waals surface area contributed by atoms with Crippen LogP contribution in [-0.4, -0.2) is 44.7 Å². The maximum Gasteiger partial charge on any atom is 0.303 e. The van der Waals surface area contributed by atoms with E-state index in [1.807, 2.05) is 24.3 Å². The van der Waals surface area contributed by atoms with E-state index in [0.717, 1.165) is 25.7 Å². The standard InChI is InChI=1S/C21H36O5/c1-2-3-6-9-17(22)13-12-16-14-18(23)15-20(24)19(16)10-7-4-5-8-11-21(25)26/h4,7,12-13,16-20,22-24H,2-3,5-6,8-11,14-15H2,1H3,(H,25,26)/b7-4-,13-12+/t16-,17-,18?,19+,20-/m0/s1. The molecule has 4 N–H and O–H groups in total. The quantitative estimate of drug-likeness (QED) is 0.312. The average molecular weight is 369 g/mol.